The van der Waals surface area contributed by atoms with Gasteiger partial charge in [-0.2, -0.15) is 0 Å². The van der Waals surface area contributed by atoms with Gasteiger partial charge in [0.2, 0.25) is 5.91 Å². The summed E-state index contributed by atoms with van der Waals surface area (Å²) in [5.41, 5.74) is 2.25. The molecular formula is C18H24N2O3. The van der Waals surface area contributed by atoms with Crippen LogP contribution >= 0.6 is 0 Å². The van der Waals surface area contributed by atoms with E-state index in [1.165, 1.54) is 19.1 Å². The average molecular weight is 316 g/mol. The molecule has 0 aliphatic carbocycles. The van der Waals surface area contributed by atoms with Crippen molar-refractivity contribution >= 4 is 17.6 Å². The van der Waals surface area contributed by atoms with Crippen LogP contribution in [0, 0.1) is 0 Å². The van der Waals surface area contributed by atoms with Gasteiger partial charge < -0.3 is 9.64 Å². The molecule has 2 heterocycles. The van der Waals surface area contributed by atoms with Crippen molar-refractivity contribution in [1.29, 1.82) is 0 Å². The van der Waals surface area contributed by atoms with Crippen molar-refractivity contribution in [2.24, 2.45) is 0 Å². The molecule has 2 aliphatic heterocycles. The largest absolute Gasteiger partial charge is 0.469 e. The molecule has 1 aromatic rings. The zero-order chi connectivity index (χ0) is 16.2. The molecule has 1 unspecified atom stereocenters. The Morgan fingerprint density at radius 2 is 2.09 bits per heavy atom. The molecule has 0 spiro atoms. The van der Waals surface area contributed by atoms with E-state index in [0.29, 0.717) is 25.3 Å². The van der Waals surface area contributed by atoms with E-state index in [2.05, 4.69) is 15.7 Å². The van der Waals surface area contributed by atoms with Crippen molar-refractivity contribution in [3.05, 3.63) is 29.8 Å². The van der Waals surface area contributed by atoms with Gasteiger partial charge in [-0.15, -0.1) is 0 Å². The highest BCUT2D eigenvalue weighted by atomic mass is 16.5. The second-order valence-electron chi connectivity index (χ2n) is 6.33. The van der Waals surface area contributed by atoms with Gasteiger partial charge >= 0.3 is 5.97 Å². The minimum Gasteiger partial charge on any atom is -0.469 e. The molecule has 0 aromatic heterocycles. The minimum absolute atomic E-state index is 0.107. The third kappa shape index (κ3) is 3.55. The fourth-order valence-corrected chi connectivity index (χ4v) is 3.60. The monoisotopic (exact) mass is 316 g/mol. The molecule has 1 saturated heterocycles. The number of carbonyl (C=O) groups excluding carboxylic acids is 2. The number of methoxy groups -OCH3 is 1. The van der Waals surface area contributed by atoms with Crippen LogP contribution in [0.25, 0.3) is 0 Å². The third-order valence-corrected chi connectivity index (χ3v) is 4.85. The summed E-state index contributed by atoms with van der Waals surface area (Å²) < 4.78 is 4.64. The summed E-state index contributed by atoms with van der Waals surface area (Å²) >= 11 is 0. The van der Waals surface area contributed by atoms with Crippen molar-refractivity contribution in [2.45, 2.75) is 44.7 Å². The molecule has 0 N–H and O–H groups in total. The number of benzene rings is 1. The molecule has 2 aliphatic rings. The molecular weight excluding hydrogens is 292 g/mol. The number of ether oxygens (including phenoxy) is 1. The van der Waals surface area contributed by atoms with Crippen LogP contribution in [0.1, 0.15) is 37.7 Å². The number of para-hydroxylation sites is 1. The van der Waals surface area contributed by atoms with E-state index < -0.39 is 0 Å². The number of hydrogen-bond donors (Lipinski definition) is 0. The first-order valence-electron chi connectivity index (χ1n) is 8.38. The lowest BCUT2D eigenvalue weighted by atomic mass is 10.1. The number of carbonyl (C=O) groups is 2. The molecule has 0 bridgehead atoms. The van der Waals surface area contributed by atoms with Crippen LogP contribution in [-0.2, 0) is 20.9 Å². The maximum atomic E-state index is 12.7. The summed E-state index contributed by atoms with van der Waals surface area (Å²) in [7, 11) is 1.38. The van der Waals surface area contributed by atoms with Gasteiger partial charge in [0, 0.05) is 37.7 Å². The van der Waals surface area contributed by atoms with Crippen LogP contribution in [0.2, 0.25) is 0 Å². The highest BCUT2D eigenvalue weighted by Gasteiger charge is 2.33. The van der Waals surface area contributed by atoms with E-state index in [9.17, 15) is 9.59 Å². The van der Waals surface area contributed by atoms with Gasteiger partial charge in [0.25, 0.3) is 0 Å². The van der Waals surface area contributed by atoms with E-state index >= 15 is 0 Å². The highest BCUT2D eigenvalue weighted by Crippen LogP contribution is 2.31. The smallest absolute Gasteiger partial charge is 0.305 e. The second-order valence-corrected chi connectivity index (χ2v) is 6.33. The van der Waals surface area contributed by atoms with Crippen LogP contribution in [0.5, 0.6) is 0 Å². The van der Waals surface area contributed by atoms with Crippen molar-refractivity contribution in [1.82, 2.24) is 4.90 Å². The van der Waals surface area contributed by atoms with Gasteiger partial charge in [-0.1, -0.05) is 18.2 Å². The van der Waals surface area contributed by atoms with E-state index in [0.717, 1.165) is 31.7 Å². The quantitative estimate of drug-likeness (QED) is 0.800. The van der Waals surface area contributed by atoms with Crippen molar-refractivity contribution in [3.63, 3.8) is 0 Å². The number of rotatable bonds is 4. The third-order valence-electron chi connectivity index (χ3n) is 4.85. The minimum atomic E-state index is -0.254. The first kappa shape index (κ1) is 16.0. The highest BCUT2D eigenvalue weighted by molar-refractivity contribution is 5.94. The van der Waals surface area contributed by atoms with Gasteiger partial charge in [-0.3, -0.25) is 14.5 Å². The van der Waals surface area contributed by atoms with E-state index in [4.69, 9.17) is 0 Å². The Labute approximate surface area is 137 Å². The van der Waals surface area contributed by atoms with Gasteiger partial charge in [0.15, 0.2) is 0 Å². The Hall–Kier alpha value is -1.88. The first-order chi connectivity index (χ1) is 11.2. The van der Waals surface area contributed by atoms with E-state index in [-0.39, 0.29) is 11.9 Å². The predicted octanol–water partition coefficient (Wildman–Crippen LogP) is 2.34. The second kappa shape index (κ2) is 7.13. The summed E-state index contributed by atoms with van der Waals surface area (Å²) in [6.07, 6.45) is 3.58. The Balaban J connectivity index is 1.74. The van der Waals surface area contributed by atoms with E-state index in [1.54, 1.807) is 0 Å². The Morgan fingerprint density at radius 3 is 2.91 bits per heavy atom. The molecule has 124 valence electrons. The molecule has 5 heteroatoms. The summed E-state index contributed by atoms with van der Waals surface area (Å²) in [5.74, 6) is -0.147. The van der Waals surface area contributed by atoms with E-state index in [1.807, 2.05) is 23.1 Å². The Bertz CT molecular complexity index is 587. The van der Waals surface area contributed by atoms with Gasteiger partial charge in [-0.25, -0.2) is 0 Å². The lowest BCUT2D eigenvalue weighted by molar-refractivity contribution is -0.140. The van der Waals surface area contributed by atoms with Crippen LogP contribution in [-0.4, -0.2) is 43.0 Å². The number of esters is 1. The maximum Gasteiger partial charge on any atom is 0.305 e. The predicted molar refractivity (Wildman–Crippen MR) is 88.1 cm³/mol. The summed E-state index contributed by atoms with van der Waals surface area (Å²) in [6, 6.07) is 8.63. The maximum absolute atomic E-state index is 12.7. The lowest BCUT2D eigenvalue weighted by Crippen LogP contribution is -2.40. The molecule has 0 saturated carbocycles. The lowest BCUT2D eigenvalue weighted by Gasteiger charge is -2.26. The molecule has 1 aromatic carbocycles. The SMILES string of the molecule is COC(=O)CCCC(=O)N1CC2CCCN2Cc2ccccc21. The van der Waals surface area contributed by atoms with Crippen molar-refractivity contribution in [2.75, 3.05) is 25.1 Å². The molecule has 5 nitrogen and oxygen atoms in total. The molecule has 0 radical (unpaired) electrons. The molecule has 1 atom stereocenters. The zero-order valence-corrected chi connectivity index (χ0v) is 13.7. The standard InChI is InChI=1S/C18H24N2O3/c1-23-18(22)10-4-9-17(21)20-13-15-7-5-11-19(15)12-14-6-2-3-8-16(14)20/h2-3,6,8,15H,4-5,7,9-13H2,1H3. The van der Waals surface area contributed by atoms with Gasteiger partial charge in [-0.05, 0) is 37.4 Å². The van der Waals surface area contributed by atoms with Crippen LogP contribution in [0.3, 0.4) is 0 Å². The van der Waals surface area contributed by atoms with Gasteiger partial charge in [0.05, 0.1) is 7.11 Å². The van der Waals surface area contributed by atoms with Crippen molar-refractivity contribution in [3.8, 4) is 0 Å². The number of nitrogens with zero attached hydrogens (tertiary/aromatic N) is 2. The zero-order valence-electron chi connectivity index (χ0n) is 13.7. The molecule has 23 heavy (non-hydrogen) atoms. The molecule has 1 fully saturated rings. The average Bonchev–Trinajstić information content (AvgIpc) is 2.93. The van der Waals surface area contributed by atoms with Crippen molar-refractivity contribution < 1.29 is 14.3 Å². The summed E-state index contributed by atoms with van der Waals surface area (Å²) in [5, 5.41) is 0. The number of fused-ring (bicyclic) bond motifs is 2. The topological polar surface area (TPSA) is 49.9 Å². The van der Waals surface area contributed by atoms with Crippen LogP contribution < -0.4 is 4.90 Å². The number of anilines is 1. The first-order valence-corrected chi connectivity index (χ1v) is 8.38. The Kier molecular flexibility index (Phi) is 4.96. The van der Waals surface area contributed by atoms with Gasteiger partial charge in [0.1, 0.15) is 0 Å². The fraction of sp³-hybridized carbons (Fsp3) is 0.556. The number of hydrogen-bond acceptors (Lipinski definition) is 4. The molecule has 3 rings (SSSR count). The normalized spacial score (nSPS) is 20.6. The summed E-state index contributed by atoms with van der Waals surface area (Å²) in [6.45, 7) is 2.80. The Morgan fingerprint density at radius 1 is 1.26 bits per heavy atom. The summed E-state index contributed by atoms with van der Waals surface area (Å²) in [4.78, 5) is 28.4. The number of amides is 1. The fourth-order valence-electron chi connectivity index (χ4n) is 3.60. The van der Waals surface area contributed by atoms with Crippen LogP contribution in [0.4, 0.5) is 5.69 Å². The van der Waals surface area contributed by atoms with Crippen LogP contribution in [0.15, 0.2) is 24.3 Å². The molecule has 1 amide bonds.